The standard InChI is InChI=1S/C26H36N6O4/c1-26(2,3)22(32-14-20(29-30-32)15-8-9-15)25(36)31-13-18(33)11-21(31)24(35)27-12-17-10-16-6-4-5-7-19(16)28-23(17)34/h10,14-15,18,21-22,33H,4-9,11-13H2,1-3H3,(H,27,35)(H,28,34)/t18?,21?,22-/m1/s1. The maximum absolute atomic E-state index is 13.8. The number of hydrogen-bond donors (Lipinski definition) is 3. The number of rotatable bonds is 6. The highest BCUT2D eigenvalue weighted by atomic mass is 16.3. The first-order chi connectivity index (χ1) is 17.1. The minimum absolute atomic E-state index is 0.0760. The van der Waals surface area contributed by atoms with Gasteiger partial charge in [0, 0.05) is 42.9 Å². The second kappa shape index (κ2) is 9.46. The largest absolute Gasteiger partial charge is 0.391 e. The van der Waals surface area contributed by atoms with Crippen LogP contribution in [0, 0.1) is 5.41 Å². The zero-order valence-corrected chi connectivity index (χ0v) is 21.3. The first kappa shape index (κ1) is 24.7. The first-order valence-electron chi connectivity index (χ1n) is 13.0. The minimum atomic E-state index is -0.819. The van der Waals surface area contributed by atoms with Gasteiger partial charge in [0.15, 0.2) is 0 Å². The van der Waals surface area contributed by atoms with Crippen molar-refractivity contribution >= 4 is 11.8 Å². The number of carbonyl (C=O) groups is 2. The maximum Gasteiger partial charge on any atom is 0.253 e. The topological polar surface area (TPSA) is 133 Å². The number of carbonyl (C=O) groups excluding carboxylic acids is 2. The van der Waals surface area contributed by atoms with Gasteiger partial charge in [-0.05, 0) is 55.6 Å². The molecule has 2 aliphatic carbocycles. The van der Waals surface area contributed by atoms with Gasteiger partial charge in [-0.2, -0.15) is 0 Å². The normalized spacial score (nSPS) is 22.8. The molecule has 2 aromatic rings. The van der Waals surface area contributed by atoms with Crippen LogP contribution >= 0.6 is 0 Å². The summed E-state index contributed by atoms with van der Waals surface area (Å²) in [5, 5.41) is 21.8. The Hall–Kier alpha value is -3.01. The second-order valence-electron chi connectivity index (χ2n) is 11.6. The SMILES string of the molecule is CC(C)(C)[C@@H](C(=O)N1CC(O)CC1C(=O)NCc1cc2c([nH]c1=O)CCCC2)n1cc(C2CC2)nn1. The summed E-state index contributed by atoms with van der Waals surface area (Å²) in [6.07, 6.45) is 7.31. The number of aromatic nitrogens is 4. The number of pyridine rings is 1. The third-order valence-corrected chi connectivity index (χ3v) is 7.58. The zero-order chi connectivity index (χ0) is 25.6. The molecule has 1 saturated carbocycles. The predicted molar refractivity (Wildman–Crippen MR) is 132 cm³/mol. The van der Waals surface area contributed by atoms with Gasteiger partial charge < -0.3 is 20.3 Å². The monoisotopic (exact) mass is 496 g/mol. The Morgan fingerprint density at radius 1 is 1.25 bits per heavy atom. The van der Waals surface area contributed by atoms with Crippen molar-refractivity contribution in [2.45, 2.75) is 96.4 Å². The minimum Gasteiger partial charge on any atom is -0.391 e. The van der Waals surface area contributed by atoms with Crippen molar-refractivity contribution in [1.82, 2.24) is 30.2 Å². The van der Waals surface area contributed by atoms with Crippen molar-refractivity contribution in [2.24, 2.45) is 5.41 Å². The number of amides is 2. The fourth-order valence-electron chi connectivity index (χ4n) is 5.48. The van der Waals surface area contributed by atoms with E-state index >= 15 is 0 Å². The molecule has 2 fully saturated rings. The predicted octanol–water partition coefficient (Wildman–Crippen LogP) is 1.59. The Labute approximate surface area is 210 Å². The van der Waals surface area contributed by atoms with Crippen LogP contribution in [-0.4, -0.2) is 60.5 Å². The average Bonchev–Trinajstić information content (AvgIpc) is 3.43. The van der Waals surface area contributed by atoms with E-state index in [9.17, 15) is 19.5 Å². The number of H-pyrrole nitrogens is 1. The summed E-state index contributed by atoms with van der Waals surface area (Å²) in [5.74, 6) is -0.228. The van der Waals surface area contributed by atoms with Gasteiger partial charge in [0.2, 0.25) is 11.8 Å². The number of β-amino-alcohol motifs (C(OH)–C–C–N with tert-alkyl or cyclic N) is 1. The number of nitrogens with one attached hydrogen (secondary N) is 2. The van der Waals surface area contributed by atoms with E-state index in [4.69, 9.17) is 0 Å². The molecular formula is C26H36N6O4. The van der Waals surface area contributed by atoms with Crippen molar-refractivity contribution in [2.75, 3.05) is 6.54 Å². The summed E-state index contributed by atoms with van der Waals surface area (Å²) in [7, 11) is 0. The second-order valence-corrected chi connectivity index (χ2v) is 11.6. The number of fused-ring (bicyclic) bond motifs is 1. The molecular weight excluding hydrogens is 460 g/mol. The van der Waals surface area contributed by atoms with E-state index in [0.29, 0.717) is 11.5 Å². The molecule has 0 bridgehead atoms. The van der Waals surface area contributed by atoms with Crippen molar-refractivity contribution in [3.63, 3.8) is 0 Å². The summed E-state index contributed by atoms with van der Waals surface area (Å²) in [4.78, 5) is 44.0. The molecule has 0 radical (unpaired) electrons. The van der Waals surface area contributed by atoms with E-state index in [2.05, 4.69) is 20.6 Å². The summed E-state index contributed by atoms with van der Waals surface area (Å²) < 4.78 is 1.61. The molecule has 10 nitrogen and oxygen atoms in total. The van der Waals surface area contributed by atoms with Crippen LogP contribution in [0.4, 0.5) is 0 Å². The van der Waals surface area contributed by atoms with Gasteiger partial charge in [-0.15, -0.1) is 5.10 Å². The zero-order valence-electron chi connectivity index (χ0n) is 21.3. The Bertz CT molecular complexity index is 1210. The molecule has 0 spiro atoms. The molecule has 1 aliphatic heterocycles. The number of nitrogens with zero attached hydrogens (tertiary/aromatic N) is 4. The Morgan fingerprint density at radius 2 is 2.00 bits per heavy atom. The van der Waals surface area contributed by atoms with E-state index < -0.39 is 23.6 Å². The van der Waals surface area contributed by atoms with E-state index in [1.54, 1.807) is 4.68 Å². The molecule has 5 rings (SSSR count). The van der Waals surface area contributed by atoms with Crippen LogP contribution in [-0.2, 0) is 29.0 Å². The number of aliphatic hydroxyl groups excluding tert-OH is 1. The summed E-state index contributed by atoms with van der Waals surface area (Å²) >= 11 is 0. The highest BCUT2D eigenvalue weighted by molar-refractivity contribution is 5.90. The molecule has 0 aromatic carbocycles. The smallest absolute Gasteiger partial charge is 0.253 e. The number of aryl methyl sites for hydroxylation is 2. The highest BCUT2D eigenvalue weighted by Crippen LogP contribution is 2.40. The third-order valence-electron chi connectivity index (χ3n) is 7.58. The lowest BCUT2D eigenvalue weighted by molar-refractivity contribution is -0.144. The molecule has 3 atom stereocenters. The van der Waals surface area contributed by atoms with Crippen LogP contribution in [0.2, 0.25) is 0 Å². The van der Waals surface area contributed by atoms with Gasteiger partial charge in [0.1, 0.15) is 12.1 Å². The molecule has 1 saturated heterocycles. The van der Waals surface area contributed by atoms with Gasteiger partial charge in [0.25, 0.3) is 5.56 Å². The van der Waals surface area contributed by atoms with E-state index in [0.717, 1.165) is 55.5 Å². The highest BCUT2D eigenvalue weighted by Gasteiger charge is 2.45. The van der Waals surface area contributed by atoms with Crippen LogP contribution in [0.1, 0.15) is 87.3 Å². The summed E-state index contributed by atoms with van der Waals surface area (Å²) in [5.41, 5.74) is 2.83. The number of aliphatic hydroxyl groups is 1. The van der Waals surface area contributed by atoms with Gasteiger partial charge in [-0.3, -0.25) is 14.4 Å². The lowest BCUT2D eigenvalue weighted by Crippen LogP contribution is -2.50. The Kier molecular flexibility index (Phi) is 6.48. The molecule has 3 aliphatic rings. The van der Waals surface area contributed by atoms with Crippen LogP contribution in [0.25, 0.3) is 0 Å². The molecule has 2 aromatic heterocycles. The molecule has 2 unspecified atom stereocenters. The van der Waals surface area contributed by atoms with Crippen molar-refractivity contribution in [3.05, 3.63) is 45.1 Å². The lowest BCUT2D eigenvalue weighted by Gasteiger charge is -2.34. The van der Waals surface area contributed by atoms with Crippen molar-refractivity contribution in [1.29, 1.82) is 0 Å². The number of likely N-dealkylation sites (tertiary alicyclic amines) is 1. The summed E-state index contributed by atoms with van der Waals surface area (Å²) in [6.45, 7) is 6.02. The third kappa shape index (κ3) is 4.96. The van der Waals surface area contributed by atoms with Crippen LogP contribution in [0.3, 0.4) is 0 Å². The first-order valence-corrected chi connectivity index (χ1v) is 13.0. The van der Waals surface area contributed by atoms with Gasteiger partial charge >= 0.3 is 0 Å². The molecule has 3 N–H and O–H groups in total. The molecule has 3 heterocycles. The molecule has 36 heavy (non-hydrogen) atoms. The maximum atomic E-state index is 13.8. The van der Waals surface area contributed by atoms with E-state index in [-0.39, 0.29) is 36.9 Å². The van der Waals surface area contributed by atoms with Crippen LogP contribution in [0.15, 0.2) is 17.1 Å². The van der Waals surface area contributed by atoms with Crippen molar-refractivity contribution in [3.8, 4) is 0 Å². The average molecular weight is 497 g/mol. The molecule has 10 heteroatoms. The Morgan fingerprint density at radius 3 is 2.72 bits per heavy atom. The summed E-state index contributed by atoms with van der Waals surface area (Å²) in [6, 6.07) is 0.403. The quantitative estimate of drug-likeness (QED) is 0.556. The van der Waals surface area contributed by atoms with Crippen LogP contribution < -0.4 is 10.9 Å². The van der Waals surface area contributed by atoms with Crippen molar-refractivity contribution < 1.29 is 14.7 Å². The Balaban J connectivity index is 1.32. The van der Waals surface area contributed by atoms with Gasteiger partial charge in [-0.25, -0.2) is 4.68 Å². The van der Waals surface area contributed by atoms with Gasteiger partial charge in [-0.1, -0.05) is 26.0 Å². The molecule has 2 amide bonds. The van der Waals surface area contributed by atoms with Crippen LogP contribution in [0.5, 0.6) is 0 Å². The lowest BCUT2D eigenvalue weighted by atomic mass is 9.85. The number of hydrogen-bond acceptors (Lipinski definition) is 6. The van der Waals surface area contributed by atoms with E-state index in [1.165, 1.54) is 4.90 Å². The van der Waals surface area contributed by atoms with Gasteiger partial charge in [0.05, 0.1) is 11.8 Å². The van der Waals surface area contributed by atoms with E-state index in [1.807, 2.05) is 33.0 Å². The fourth-order valence-corrected chi connectivity index (χ4v) is 5.48. The number of aromatic amines is 1. The molecule has 194 valence electrons. The fraction of sp³-hybridized carbons (Fsp3) is 0.654.